The van der Waals surface area contributed by atoms with E-state index in [1.165, 1.54) is 45.3 Å². The maximum atomic E-state index is 3.62. The molecule has 2 saturated heterocycles. The normalized spacial score (nSPS) is 48.6. The van der Waals surface area contributed by atoms with Crippen molar-refractivity contribution >= 4 is 0 Å². The molecule has 0 bridgehead atoms. The molecule has 0 amide bonds. The van der Waals surface area contributed by atoms with Gasteiger partial charge in [-0.1, -0.05) is 0 Å². The molecule has 0 radical (unpaired) electrons. The second-order valence-corrected chi connectivity index (χ2v) is 5.58. The molecule has 4 unspecified atom stereocenters. The maximum Gasteiger partial charge on any atom is 0.0221 e. The van der Waals surface area contributed by atoms with Crippen LogP contribution in [0.5, 0.6) is 0 Å². The lowest BCUT2D eigenvalue weighted by Crippen LogP contribution is -2.50. The Morgan fingerprint density at radius 3 is 2.79 bits per heavy atom. The lowest BCUT2D eigenvalue weighted by Gasteiger charge is -2.38. The molecule has 0 spiro atoms. The summed E-state index contributed by atoms with van der Waals surface area (Å²) in [7, 11) is 0. The predicted molar refractivity (Wildman–Crippen MR) is 58.3 cm³/mol. The SMILES string of the molecule is CC1CCC(N2CCC3CC3C2)CN1. The van der Waals surface area contributed by atoms with E-state index in [9.17, 15) is 0 Å². The lowest BCUT2D eigenvalue weighted by atomic mass is 9.98. The van der Waals surface area contributed by atoms with Gasteiger partial charge in [-0.2, -0.15) is 0 Å². The number of nitrogens with one attached hydrogen (secondary N) is 1. The van der Waals surface area contributed by atoms with E-state index in [0.29, 0.717) is 0 Å². The number of likely N-dealkylation sites (tertiary alicyclic amines) is 1. The fraction of sp³-hybridized carbons (Fsp3) is 1.00. The second kappa shape index (κ2) is 3.49. The summed E-state index contributed by atoms with van der Waals surface area (Å²) in [6.07, 6.45) is 5.81. The van der Waals surface area contributed by atoms with Crippen molar-refractivity contribution in [1.82, 2.24) is 10.2 Å². The number of hydrogen-bond acceptors (Lipinski definition) is 2. The summed E-state index contributed by atoms with van der Waals surface area (Å²) >= 11 is 0. The van der Waals surface area contributed by atoms with Crippen molar-refractivity contribution in [2.24, 2.45) is 11.8 Å². The van der Waals surface area contributed by atoms with Gasteiger partial charge in [-0.25, -0.2) is 0 Å². The van der Waals surface area contributed by atoms with Crippen molar-refractivity contribution in [1.29, 1.82) is 0 Å². The first-order chi connectivity index (χ1) is 6.83. The molecule has 1 N–H and O–H groups in total. The van der Waals surface area contributed by atoms with Crippen LogP contribution in [0.25, 0.3) is 0 Å². The van der Waals surface area contributed by atoms with E-state index in [4.69, 9.17) is 0 Å². The number of hydrogen-bond donors (Lipinski definition) is 1. The van der Waals surface area contributed by atoms with Crippen LogP contribution < -0.4 is 5.32 Å². The molecule has 14 heavy (non-hydrogen) atoms. The summed E-state index contributed by atoms with van der Waals surface area (Å²) in [5, 5.41) is 3.62. The molecular weight excluding hydrogens is 172 g/mol. The molecule has 0 aromatic heterocycles. The van der Waals surface area contributed by atoms with Gasteiger partial charge in [0, 0.05) is 25.2 Å². The summed E-state index contributed by atoms with van der Waals surface area (Å²) in [6.45, 7) is 6.33. The minimum Gasteiger partial charge on any atom is -0.313 e. The van der Waals surface area contributed by atoms with Gasteiger partial charge in [0.2, 0.25) is 0 Å². The van der Waals surface area contributed by atoms with Gasteiger partial charge < -0.3 is 5.32 Å². The van der Waals surface area contributed by atoms with Gasteiger partial charge in [-0.05, 0) is 51.0 Å². The highest BCUT2D eigenvalue weighted by atomic mass is 15.2. The highest BCUT2D eigenvalue weighted by Gasteiger charge is 2.42. The molecule has 2 heterocycles. The predicted octanol–water partition coefficient (Wildman–Crippen LogP) is 1.47. The Morgan fingerprint density at radius 1 is 1.14 bits per heavy atom. The molecule has 3 rings (SSSR count). The minimum atomic E-state index is 0.754. The number of rotatable bonds is 1. The molecule has 2 heteroatoms. The molecule has 4 atom stereocenters. The third-order valence-electron chi connectivity index (χ3n) is 4.48. The Labute approximate surface area is 87.0 Å². The molecule has 80 valence electrons. The van der Waals surface area contributed by atoms with Crippen LogP contribution in [-0.4, -0.2) is 36.6 Å². The molecule has 1 saturated carbocycles. The lowest BCUT2D eigenvalue weighted by molar-refractivity contribution is 0.125. The molecule has 0 aromatic carbocycles. The summed E-state index contributed by atoms with van der Waals surface area (Å²) in [4.78, 5) is 2.76. The van der Waals surface area contributed by atoms with Crippen LogP contribution in [0.3, 0.4) is 0 Å². The van der Waals surface area contributed by atoms with Crippen LogP contribution in [0.15, 0.2) is 0 Å². The first-order valence-electron chi connectivity index (χ1n) is 6.30. The van der Waals surface area contributed by atoms with Gasteiger partial charge in [-0.15, -0.1) is 0 Å². The van der Waals surface area contributed by atoms with Crippen molar-refractivity contribution < 1.29 is 0 Å². The molecule has 1 aliphatic carbocycles. The number of nitrogens with zero attached hydrogens (tertiary/aromatic N) is 1. The largest absolute Gasteiger partial charge is 0.313 e. The van der Waals surface area contributed by atoms with Gasteiger partial charge in [0.05, 0.1) is 0 Å². The van der Waals surface area contributed by atoms with Crippen molar-refractivity contribution in [3.05, 3.63) is 0 Å². The van der Waals surface area contributed by atoms with E-state index < -0.39 is 0 Å². The van der Waals surface area contributed by atoms with E-state index >= 15 is 0 Å². The Hall–Kier alpha value is -0.0800. The van der Waals surface area contributed by atoms with E-state index in [1.54, 1.807) is 0 Å². The van der Waals surface area contributed by atoms with Crippen molar-refractivity contribution in [2.45, 2.75) is 44.7 Å². The average Bonchev–Trinajstić information content (AvgIpc) is 2.96. The van der Waals surface area contributed by atoms with E-state index in [1.807, 2.05) is 0 Å². The molecule has 2 nitrogen and oxygen atoms in total. The highest BCUT2D eigenvalue weighted by molar-refractivity contribution is 4.95. The van der Waals surface area contributed by atoms with Crippen molar-refractivity contribution in [3.63, 3.8) is 0 Å². The van der Waals surface area contributed by atoms with Crippen molar-refractivity contribution in [2.75, 3.05) is 19.6 Å². The molecular formula is C12H22N2. The van der Waals surface area contributed by atoms with Gasteiger partial charge in [0.1, 0.15) is 0 Å². The summed E-state index contributed by atoms with van der Waals surface area (Å²) in [5.74, 6) is 2.21. The van der Waals surface area contributed by atoms with E-state index in [-0.39, 0.29) is 0 Å². The first kappa shape index (κ1) is 9.17. The van der Waals surface area contributed by atoms with Crippen LogP contribution >= 0.6 is 0 Å². The van der Waals surface area contributed by atoms with Crippen LogP contribution in [0.4, 0.5) is 0 Å². The van der Waals surface area contributed by atoms with Gasteiger partial charge in [-0.3, -0.25) is 4.90 Å². The monoisotopic (exact) mass is 194 g/mol. The van der Waals surface area contributed by atoms with Crippen LogP contribution in [0.1, 0.15) is 32.6 Å². The Balaban J connectivity index is 1.54. The zero-order valence-corrected chi connectivity index (χ0v) is 9.21. The van der Waals surface area contributed by atoms with E-state index in [0.717, 1.165) is 23.9 Å². The Morgan fingerprint density at radius 2 is 2.07 bits per heavy atom. The summed E-state index contributed by atoms with van der Waals surface area (Å²) in [5.41, 5.74) is 0. The van der Waals surface area contributed by atoms with Crippen LogP contribution in [0, 0.1) is 11.8 Å². The summed E-state index contributed by atoms with van der Waals surface area (Å²) in [6, 6.07) is 1.61. The number of piperidine rings is 2. The Bertz CT molecular complexity index is 208. The topological polar surface area (TPSA) is 15.3 Å². The molecule has 3 fully saturated rings. The summed E-state index contributed by atoms with van der Waals surface area (Å²) < 4.78 is 0. The van der Waals surface area contributed by atoms with Crippen LogP contribution in [0.2, 0.25) is 0 Å². The molecule has 2 aliphatic heterocycles. The van der Waals surface area contributed by atoms with Gasteiger partial charge in [0.25, 0.3) is 0 Å². The molecule has 3 aliphatic rings. The third kappa shape index (κ3) is 1.70. The average molecular weight is 194 g/mol. The van der Waals surface area contributed by atoms with Crippen LogP contribution in [-0.2, 0) is 0 Å². The van der Waals surface area contributed by atoms with Crippen molar-refractivity contribution in [3.8, 4) is 0 Å². The van der Waals surface area contributed by atoms with E-state index in [2.05, 4.69) is 17.1 Å². The van der Waals surface area contributed by atoms with Gasteiger partial charge in [0.15, 0.2) is 0 Å². The first-order valence-corrected chi connectivity index (χ1v) is 6.30. The standard InChI is InChI=1S/C12H22N2/c1-9-2-3-12(7-13-9)14-5-4-10-6-11(10)8-14/h9-13H,2-8H2,1H3. The third-order valence-corrected chi connectivity index (χ3v) is 4.48. The number of fused-ring (bicyclic) bond motifs is 1. The fourth-order valence-electron chi connectivity index (χ4n) is 3.24. The zero-order chi connectivity index (χ0) is 9.54. The quantitative estimate of drug-likeness (QED) is 0.680. The second-order valence-electron chi connectivity index (χ2n) is 5.58. The smallest absolute Gasteiger partial charge is 0.0221 e. The maximum absolute atomic E-state index is 3.62. The Kier molecular flexibility index (Phi) is 2.29. The fourth-order valence-corrected chi connectivity index (χ4v) is 3.24. The highest BCUT2D eigenvalue weighted by Crippen LogP contribution is 2.45. The zero-order valence-electron chi connectivity index (χ0n) is 9.21. The molecule has 0 aromatic rings. The minimum absolute atomic E-state index is 0.754. The van der Waals surface area contributed by atoms with Gasteiger partial charge >= 0.3 is 0 Å².